The van der Waals surface area contributed by atoms with Gasteiger partial charge in [-0.3, -0.25) is 0 Å². The molecule has 0 saturated carbocycles. The third-order valence-corrected chi connectivity index (χ3v) is 3.29. The van der Waals surface area contributed by atoms with E-state index in [1.165, 1.54) is 30.9 Å². The Labute approximate surface area is 113 Å². The molecule has 0 amide bonds. The lowest BCUT2D eigenvalue weighted by atomic mass is 10.0. The molecule has 100 valence electrons. The van der Waals surface area contributed by atoms with Crippen molar-refractivity contribution in [1.29, 1.82) is 0 Å². The van der Waals surface area contributed by atoms with Crippen LogP contribution in [0.1, 0.15) is 31.7 Å². The predicted octanol–water partition coefficient (Wildman–Crippen LogP) is 5.36. The maximum absolute atomic E-state index is 13.7. The summed E-state index contributed by atoms with van der Waals surface area (Å²) in [5.41, 5.74) is 2.28. The molecular formula is C17H18F2. The number of benzene rings is 2. The van der Waals surface area contributed by atoms with Crippen LogP contribution in [0.4, 0.5) is 8.78 Å². The Morgan fingerprint density at radius 2 is 1.63 bits per heavy atom. The Bertz CT molecular complexity index is 529. The Kier molecular flexibility index (Phi) is 4.67. The van der Waals surface area contributed by atoms with Crippen LogP contribution in [0, 0.1) is 11.6 Å². The van der Waals surface area contributed by atoms with Crippen molar-refractivity contribution in [2.75, 3.05) is 0 Å². The molecule has 2 aromatic carbocycles. The molecule has 0 aliphatic heterocycles. The second kappa shape index (κ2) is 6.46. The number of rotatable bonds is 5. The Hall–Kier alpha value is -1.70. The van der Waals surface area contributed by atoms with Crippen LogP contribution in [0.5, 0.6) is 0 Å². The molecule has 0 saturated heterocycles. The summed E-state index contributed by atoms with van der Waals surface area (Å²) in [4.78, 5) is 0. The molecule has 0 aliphatic rings. The third-order valence-electron chi connectivity index (χ3n) is 3.29. The normalized spacial score (nSPS) is 10.7. The van der Waals surface area contributed by atoms with Gasteiger partial charge in [0.15, 0.2) is 11.6 Å². The van der Waals surface area contributed by atoms with Crippen LogP contribution in [-0.2, 0) is 6.42 Å². The number of halogens is 2. The van der Waals surface area contributed by atoms with Gasteiger partial charge in [-0.15, -0.1) is 0 Å². The van der Waals surface area contributed by atoms with Crippen LogP contribution >= 0.6 is 0 Å². The lowest BCUT2D eigenvalue weighted by molar-refractivity contribution is 0.511. The van der Waals surface area contributed by atoms with Crippen molar-refractivity contribution in [2.24, 2.45) is 0 Å². The molecule has 0 heterocycles. The minimum Gasteiger partial charge on any atom is -0.204 e. The second-order valence-electron chi connectivity index (χ2n) is 4.76. The van der Waals surface area contributed by atoms with Crippen molar-refractivity contribution in [3.8, 4) is 11.1 Å². The first-order valence-corrected chi connectivity index (χ1v) is 6.75. The van der Waals surface area contributed by atoms with E-state index in [0.29, 0.717) is 5.56 Å². The summed E-state index contributed by atoms with van der Waals surface area (Å²) < 4.78 is 26.8. The monoisotopic (exact) mass is 260 g/mol. The van der Waals surface area contributed by atoms with Crippen molar-refractivity contribution in [1.82, 2.24) is 0 Å². The second-order valence-corrected chi connectivity index (χ2v) is 4.76. The van der Waals surface area contributed by atoms with Gasteiger partial charge in [0.25, 0.3) is 0 Å². The Morgan fingerprint density at radius 1 is 0.895 bits per heavy atom. The van der Waals surface area contributed by atoms with E-state index in [1.54, 1.807) is 6.07 Å². The van der Waals surface area contributed by atoms with E-state index in [1.807, 2.05) is 24.3 Å². The van der Waals surface area contributed by atoms with Crippen molar-refractivity contribution >= 4 is 0 Å². The molecule has 2 heteroatoms. The first kappa shape index (κ1) is 13.7. The maximum Gasteiger partial charge on any atom is 0.166 e. The van der Waals surface area contributed by atoms with Gasteiger partial charge < -0.3 is 0 Å². The fourth-order valence-electron chi connectivity index (χ4n) is 2.16. The highest BCUT2D eigenvalue weighted by Crippen LogP contribution is 2.24. The molecule has 0 aliphatic carbocycles. The molecule has 0 fully saturated rings. The van der Waals surface area contributed by atoms with Crippen LogP contribution in [0.3, 0.4) is 0 Å². The summed E-state index contributed by atoms with van der Waals surface area (Å²) >= 11 is 0. The van der Waals surface area contributed by atoms with Gasteiger partial charge in [0.1, 0.15) is 0 Å². The summed E-state index contributed by atoms with van der Waals surface area (Å²) in [7, 11) is 0. The predicted molar refractivity (Wildman–Crippen MR) is 75.0 cm³/mol. The zero-order valence-corrected chi connectivity index (χ0v) is 11.1. The van der Waals surface area contributed by atoms with Crippen LogP contribution in [-0.4, -0.2) is 0 Å². The molecule has 2 aromatic rings. The van der Waals surface area contributed by atoms with E-state index >= 15 is 0 Å². The SMILES string of the molecule is CCCCCc1ccc(-c2cccc(F)c2F)cc1. The molecular weight excluding hydrogens is 242 g/mol. The number of hydrogen-bond donors (Lipinski definition) is 0. The van der Waals surface area contributed by atoms with Crippen LogP contribution in [0.25, 0.3) is 11.1 Å². The van der Waals surface area contributed by atoms with Crippen LogP contribution in [0.15, 0.2) is 42.5 Å². The van der Waals surface area contributed by atoms with E-state index in [-0.39, 0.29) is 0 Å². The molecule has 0 bridgehead atoms. The van der Waals surface area contributed by atoms with Crippen LogP contribution in [0.2, 0.25) is 0 Å². The molecule has 0 atom stereocenters. The summed E-state index contributed by atoms with van der Waals surface area (Å²) in [6, 6.07) is 12.0. The van der Waals surface area contributed by atoms with E-state index in [0.717, 1.165) is 18.1 Å². The molecule has 2 rings (SSSR count). The lowest BCUT2D eigenvalue weighted by Gasteiger charge is -2.06. The van der Waals surface area contributed by atoms with Gasteiger partial charge in [-0.25, -0.2) is 8.78 Å². The maximum atomic E-state index is 13.7. The van der Waals surface area contributed by atoms with Gasteiger partial charge >= 0.3 is 0 Å². The average Bonchev–Trinajstić information content (AvgIpc) is 2.43. The van der Waals surface area contributed by atoms with Gasteiger partial charge in [0.05, 0.1) is 0 Å². The summed E-state index contributed by atoms with van der Waals surface area (Å²) in [6.45, 7) is 2.18. The largest absolute Gasteiger partial charge is 0.204 e. The minimum absolute atomic E-state index is 0.320. The Balaban J connectivity index is 2.16. The summed E-state index contributed by atoms with van der Waals surface area (Å²) in [5, 5.41) is 0. The summed E-state index contributed by atoms with van der Waals surface area (Å²) in [6.07, 6.45) is 4.64. The Morgan fingerprint density at radius 3 is 2.32 bits per heavy atom. The number of unbranched alkanes of at least 4 members (excludes halogenated alkanes) is 2. The third kappa shape index (κ3) is 3.40. The standard InChI is InChI=1S/C17H18F2/c1-2-3-4-6-13-9-11-14(12-10-13)15-7-5-8-16(18)17(15)19/h5,7-12H,2-4,6H2,1H3. The molecule has 19 heavy (non-hydrogen) atoms. The van der Waals surface area contributed by atoms with Gasteiger partial charge in [-0.05, 0) is 30.0 Å². The molecule has 0 nitrogen and oxygen atoms in total. The number of hydrogen-bond acceptors (Lipinski definition) is 0. The lowest BCUT2D eigenvalue weighted by Crippen LogP contribution is -1.90. The average molecular weight is 260 g/mol. The molecule has 0 radical (unpaired) electrons. The zero-order chi connectivity index (χ0) is 13.7. The van der Waals surface area contributed by atoms with Gasteiger partial charge in [0, 0.05) is 5.56 Å². The highest BCUT2D eigenvalue weighted by molar-refractivity contribution is 5.64. The highest BCUT2D eigenvalue weighted by atomic mass is 19.2. The molecule has 0 aromatic heterocycles. The first-order chi connectivity index (χ1) is 9.22. The van der Waals surface area contributed by atoms with Crippen molar-refractivity contribution < 1.29 is 8.78 Å². The summed E-state index contributed by atoms with van der Waals surface area (Å²) in [5.74, 6) is -1.58. The zero-order valence-electron chi connectivity index (χ0n) is 11.1. The van der Waals surface area contributed by atoms with Gasteiger partial charge in [-0.2, -0.15) is 0 Å². The van der Waals surface area contributed by atoms with E-state index in [4.69, 9.17) is 0 Å². The van der Waals surface area contributed by atoms with Crippen LogP contribution < -0.4 is 0 Å². The van der Waals surface area contributed by atoms with E-state index in [9.17, 15) is 8.78 Å². The number of aryl methyl sites for hydroxylation is 1. The van der Waals surface area contributed by atoms with E-state index in [2.05, 4.69) is 6.92 Å². The topological polar surface area (TPSA) is 0 Å². The first-order valence-electron chi connectivity index (χ1n) is 6.75. The van der Waals surface area contributed by atoms with Gasteiger partial charge in [-0.1, -0.05) is 56.2 Å². The minimum atomic E-state index is -0.801. The highest BCUT2D eigenvalue weighted by Gasteiger charge is 2.09. The quantitative estimate of drug-likeness (QED) is 0.634. The fourth-order valence-corrected chi connectivity index (χ4v) is 2.16. The molecule has 0 unspecified atom stereocenters. The van der Waals surface area contributed by atoms with E-state index < -0.39 is 11.6 Å². The van der Waals surface area contributed by atoms with Crippen molar-refractivity contribution in [3.05, 3.63) is 59.7 Å². The molecule has 0 spiro atoms. The smallest absolute Gasteiger partial charge is 0.166 e. The van der Waals surface area contributed by atoms with Crippen molar-refractivity contribution in [3.63, 3.8) is 0 Å². The van der Waals surface area contributed by atoms with Gasteiger partial charge in [0.2, 0.25) is 0 Å². The van der Waals surface area contributed by atoms with Crippen molar-refractivity contribution in [2.45, 2.75) is 32.6 Å². The molecule has 0 N–H and O–H groups in total. The fraction of sp³-hybridized carbons (Fsp3) is 0.294.